The van der Waals surface area contributed by atoms with Crippen LogP contribution in [0.4, 0.5) is 10.5 Å². The van der Waals surface area contributed by atoms with E-state index in [0.29, 0.717) is 16.6 Å². The first kappa shape index (κ1) is 21.7. The van der Waals surface area contributed by atoms with E-state index in [4.69, 9.17) is 15.2 Å². The number of carbonyl (C=O) groups excluding carboxylic acids is 2. The molecule has 0 saturated heterocycles. The number of para-hydroxylation sites is 1. The summed E-state index contributed by atoms with van der Waals surface area (Å²) in [6.45, 7) is 5.40. The lowest BCUT2D eigenvalue weighted by Crippen LogP contribution is -2.43. The molecular weight excluding hydrogens is 424 g/mol. The molecule has 0 spiro atoms. The van der Waals surface area contributed by atoms with E-state index in [0.717, 1.165) is 16.8 Å². The molecule has 0 saturated carbocycles. The Labute approximate surface area is 173 Å². The predicted molar refractivity (Wildman–Crippen MR) is 113 cm³/mol. The monoisotopic (exact) mass is 446 g/mol. The predicted octanol–water partition coefficient (Wildman–Crippen LogP) is 3.99. The first-order valence-corrected chi connectivity index (χ1v) is 9.45. The Balaban J connectivity index is 2.09. The Hall–Kier alpha value is -2.64. The van der Waals surface area contributed by atoms with Gasteiger partial charge in [0, 0.05) is 17.2 Å². The van der Waals surface area contributed by atoms with E-state index < -0.39 is 12.2 Å². The summed E-state index contributed by atoms with van der Waals surface area (Å²) < 4.78 is 10.6. The Kier molecular flexibility index (Phi) is 7.78. The van der Waals surface area contributed by atoms with Crippen molar-refractivity contribution >= 4 is 33.7 Å². The number of anilines is 1. The van der Waals surface area contributed by atoms with Crippen LogP contribution in [0.25, 0.3) is 0 Å². The molecule has 0 heterocycles. The zero-order valence-electron chi connectivity index (χ0n) is 15.9. The molecule has 0 aliphatic carbocycles. The number of carbonyl (C=O) groups is 2. The summed E-state index contributed by atoms with van der Waals surface area (Å²) in [5.74, 6) is 0.148. The van der Waals surface area contributed by atoms with Crippen molar-refractivity contribution in [1.82, 2.24) is 0 Å². The Morgan fingerprint density at radius 2 is 1.96 bits per heavy atom. The van der Waals surface area contributed by atoms with Crippen molar-refractivity contribution in [2.45, 2.75) is 19.4 Å². The van der Waals surface area contributed by atoms with E-state index in [2.05, 4.69) is 22.5 Å². The number of likely N-dealkylation sites (N-methyl/N-ethyl adjacent to an activating group) is 1. The standard InChI is InChI=1S/C21H23BrN2O4/c1-4-10-27-21(26)28-16-11-14(2)17(18(22)12-16)13-19(23)20(25)24(3)15-8-6-5-7-9-15/h4-9,11-12,19H,1,10,13,23H2,2-3H3/t19-/m0/s1. The van der Waals surface area contributed by atoms with E-state index in [1.807, 2.05) is 37.3 Å². The van der Waals surface area contributed by atoms with Gasteiger partial charge in [-0.05, 0) is 48.7 Å². The molecule has 0 aromatic heterocycles. The quantitative estimate of drug-likeness (QED) is 0.394. The molecule has 0 fully saturated rings. The summed E-state index contributed by atoms with van der Waals surface area (Å²) in [5.41, 5.74) is 8.66. The van der Waals surface area contributed by atoms with E-state index in [-0.39, 0.29) is 12.5 Å². The number of amides is 1. The van der Waals surface area contributed by atoms with Gasteiger partial charge in [-0.2, -0.15) is 0 Å². The molecule has 0 aliphatic heterocycles. The first-order chi connectivity index (χ1) is 13.3. The van der Waals surface area contributed by atoms with Gasteiger partial charge >= 0.3 is 6.16 Å². The summed E-state index contributed by atoms with van der Waals surface area (Å²) in [6.07, 6.45) is 0.982. The van der Waals surface area contributed by atoms with Crippen LogP contribution in [0.15, 0.2) is 59.6 Å². The smallest absolute Gasteiger partial charge is 0.430 e. The van der Waals surface area contributed by atoms with Gasteiger partial charge < -0.3 is 20.1 Å². The lowest BCUT2D eigenvalue weighted by atomic mass is 10.0. The first-order valence-electron chi connectivity index (χ1n) is 8.66. The van der Waals surface area contributed by atoms with Crippen LogP contribution in [0.3, 0.4) is 0 Å². The van der Waals surface area contributed by atoms with Gasteiger partial charge in [-0.3, -0.25) is 4.79 Å². The second-order valence-corrected chi connectivity index (χ2v) is 7.05. The number of nitrogens with zero attached hydrogens (tertiary/aromatic N) is 1. The molecule has 28 heavy (non-hydrogen) atoms. The highest BCUT2D eigenvalue weighted by atomic mass is 79.9. The topological polar surface area (TPSA) is 81.9 Å². The van der Waals surface area contributed by atoms with E-state index in [1.54, 1.807) is 24.1 Å². The maximum absolute atomic E-state index is 12.7. The van der Waals surface area contributed by atoms with Gasteiger partial charge in [-0.15, -0.1) is 0 Å². The second kappa shape index (κ2) is 10.1. The molecule has 2 N–H and O–H groups in total. The zero-order valence-corrected chi connectivity index (χ0v) is 17.4. The normalized spacial score (nSPS) is 11.4. The maximum Gasteiger partial charge on any atom is 0.514 e. The highest BCUT2D eigenvalue weighted by Gasteiger charge is 2.22. The van der Waals surface area contributed by atoms with Crippen LogP contribution in [-0.4, -0.2) is 31.8 Å². The molecule has 1 amide bonds. The van der Waals surface area contributed by atoms with Gasteiger partial charge in [-0.1, -0.05) is 46.8 Å². The SMILES string of the molecule is C=CCOC(=O)Oc1cc(C)c(C[C@H](N)C(=O)N(C)c2ccccc2)c(Br)c1. The molecule has 148 valence electrons. The van der Waals surface area contributed by atoms with E-state index >= 15 is 0 Å². The van der Waals surface area contributed by atoms with Crippen LogP contribution < -0.4 is 15.4 Å². The molecule has 0 radical (unpaired) electrons. The Morgan fingerprint density at radius 1 is 1.29 bits per heavy atom. The van der Waals surface area contributed by atoms with Gasteiger partial charge in [0.05, 0.1) is 6.04 Å². The van der Waals surface area contributed by atoms with Crippen molar-refractivity contribution in [3.63, 3.8) is 0 Å². The highest BCUT2D eigenvalue weighted by molar-refractivity contribution is 9.10. The molecule has 2 rings (SSSR count). The van der Waals surface area contributed by atoms with Crippen molar-refractivity contribution in [2.24, 2.45) is 5.73 Å². The zero-order chi connectivity index (χ0) is 20.7. The maximum atomic E-state index is 12.7. The third-order valence-electron chi connectivity index (χ3n) is 4.13. The molecule has 0 unspecified atom stereocenters. The average Bonchev–Trinajstić information content (AvgIpc) is 2.68. The third kappa shape index (κ3) is 5.68. The molecule has 1 atom stereocenters. The minimum atomic E-state index is -0.810. The van der Waals surface area contributed by atoms with Crippen molar-refractivity contribution in [3.05, 3.63) is 70.7 Å². The summed E-state index contributed by atoms with van der Waals surface area (Å²) >= 11 is 3.47. The minimum Gasteiger partial charge on any atom is -0.430 e. The number of rotatable bonds is 7. The molecule has 7 heteroatoms. The molecule has 6 nitrogen and oxygen atoms in total. The lowest BCUT2D eigenvalue weighted by Gasteiger charge is -2.22. The van der Waals surface area contributed by atoms with Gasteiger partial charge in [0.15, 0.2) is 0 Å². The molecule has 0 aliphatic rings. The van der Waals surface area contributed by atoms with Crippen molar-refractivity contribution in [2.75, 3.05) is 18.6 Å². The number of hydrogen-bond acceptors (Lipinski definition) is 5. The number of aryl methyl sites for hydroxylation is 1. The number of halogens is 1. The van der Waals surface area contributed by atoms with Crippen molar-refractivity contribution < 1.29 is 19.1 Å². The van der Waals surface area contributed by atoms with Crippen LogP contribution in [0.2, 0.25) is 0 Å². The summed E-state index contributed by atoms with van der Waals surface area (Å²) in [7, 11) is 1.70. The second-order valence-electron chi connectivity index (χ2n) is 6.20. The molecule has 2 aromatic rings. The molecule has 0 bridgehead atoms. The summed E-state index contributed by atoms with van der Waals surface area (Å²) in [6, 6.07) is 12.0. The number of hydrogen-bond donors (Lipinski definition) is 1. The highest BCUT2D eigenvalue weighted by Crippen LogP contribution is 2.28. The fraction of sp³-hybridized carbons (Fsp3) is 0.238. The molecule has 2 aromatic carbocycles. The van der Waals surface area contributed by atoms with E-state index in [1.165, 1.54) is 6.08 Å². The van der Waals surface area contributed by atoms with Gasteiger partial charge in [-0.25, -0.2) is 4.79 Å². The van der Waals surface area contributed by atoms with Gasteiger partial charge in [0.25, 0.3) is 0 Å². The van der Waals surface area contributed by atoms with Crippen LogP contribution in [-0.2, 0) is 16.0 Å². The van der Waals surface area contributed by atoms with E-state index in [9.17, 15) is 9.59 Å². The van der Waals surface area contributed by atoms with Crippen LogP contribution in [0.5, 0.6) is 5.75 Å². The number of nitrogens with two attached hydrogens (primary N) is 1. The number of benzene rings is 2. The fourth-order valence-corrected chi connectivity index (χ4v) is 3.35. The van der Waals surface area contributed by atoms with Gasteiger partial charge in [0.1, 0.15) is 12.4 Å². The Bertz CT molecular complexity index is 832. The fourth-order valence-electron chi connectivity index (χ4n) is 2.65. The van der Waals surface area contributed by atoms with Crippen LogP contribution >= 0.6 is 15.9 Å². The number of ether oxygens (including phenoxy) is 2. The average molecular weight is 447 g/mol. The Morgan fingerprint density at radius 3 is 2.57 bits per heavy atom. The third-order valence-corrected chi connectivity index (χ3v) is 4.84. The largest absolute Gasteiger partial charge is 0.514 e. The van der Waals surface area contributed by atoms with Crippen molar-refractivity contribution in [3.8, 4) is 5.75 Å². The minimum absolute atomic E-state index is 0.0724. The summed E-state index contributed by atoms with van der Waals surface area (Å²) in [4.78, 5) is 25.8. The van der Waals surface area contributed by atoms with Crippen LogP contribution in [0, 0.1) is 6.92 Å². The summed E-state index contributed by atoms with van der Waals surface area (Å²) in [5, 5.41) is 0. The van der Waals surface area contributed by atoms with Crippen LogP contribution in [0.1, 0.15) is 11.1 Å². The lowest BCUT2D eigenvalue weighted by molar-refractivity contribution is -0.119. The van der Waals surface area contributed by atoms with Gasteiger partial charge in [0.2, 0.25) is 5.91 Å². The molecular formula is C21H23BrN2O4. The van der Waals surface area contributed by atoms with Crippen molar-refractivity contribution in [1.29, 1.82) is 0 Å².